The maximum absolute atomic E-state index is 12.7. The van der Waals surface area contributed by atoms with Crippen molar-refractivity contribution in [1.82, 2.24) is 9.80 Å². The second kappa shape index (κ2) is 7.20. The van der Waals surface area contributed by atoms with Gasteiger partial charge in [0.15, 0.2) is 0 Å². The van der Waals surface area contributed by atoms with E-state index in [1.807, 2.05) is 6.92 Å². The van der Waals surface area contributed by atoms with Gasteiger partial charge in [-0.2, -0.15) is 0 Å². The van der Waals surface area contributed by atoms with Crippen LogP contribution >= 0.6 is 0 Å². The summed E-state index contributed by atoms with van der Waals surface area (Å²) in [5.41, 5.74) is 1.50. The van der Waals surface area contributed by atoms with Crippen molar-refractivity contribution in [3.63, 3.8) is 0 Å². The van der Waals surface area contributed by atoms with Crippen molar-refractivity contribution in [2.45, 2.75) is 43.1 Å². The molecule has 1 fully saturated rings. The van der Waals surface area contributed by atoms with Crippen LogP contribution in [0.25, 0.3) is 0 Å². The first kappa shape index (κ1) is 19.8. The lowest BCUT2D eigenvalue weighted by Crippen LogP contribution is -2.37. The predicted molar refractivity (Wildman–Crippen MR) is 101 cm³/mol. The number of carbonyl (C=O) groups excluding carboxylic acids is 3. The van der Waals surface area contributed by atoms with E-state index in [0.717, 1.165) is 15.4 Å². The lowest BCUT2D eigenvalue weighted by molar-refractivity contribution is -0.144. The SMILES string of the molecule is Cc1ccc(S(=O)(=O)c2ccc(CN3C(=O)C(=O)N(C(C)C)C3=O)cc2)cc1. The Bertz CT molecular complexity index is 1040. The van der Waals surface area contributed by atoms with E-state index in [4.69, 9.17) is 0 Å². The van der Waals surface area contributed by atoms with Crippen molar-refractivity contribution < 1.29 is 22.8 Å². The Kier molecular flexibility index (Phi) is 5.08. The van der Waals surface area contributed by atoms with Crippen LogP contribution in [0.3, 0.4) is 0 Å². The van der Waals surface area contributed by atoms with Crippen LogP contribution in [0.4, 0.5) is 4.79 Å². The summed E-state index contributed by atoms with van der Waals surface area (Å²) in [6.45, 7) is 5.07. The van der Waals surface area contributed by atoms with E-state index in [-0.39, 0.29) is 16.3 Å². The van der Waals surface area contributed by atoms with Crippen molar-refractivity contribution in [2.75, 3.05) is 0 Å². The normalized spacial score (nSPS) is 15.1. The van der Waals surface area contributed by atoms with Gasteiger partial charge in [0.2, 0.25) is 9.84 Å². The molecule has 146 valence electrons. The van der Waals surface area contributed by atoms with Gasteiger partial charge in [-0.15, -0.1) is 0 Å². The Labute approximate surface area is 163 Å². The molecule has 8 heteroatoms. The van der Waals surface area contributed by atoms with Gasteiger partial charge in [0.1, 0.15) is 0 Å². The number of sulfone groups is 1. The van der Waals surface area contributed by atoms with Crippen molar-refractivity contribution in [1.29, 1.82) is 0 Å². The molecule has 1 heterocycles. The second-order valence-electron chi connectivity index (χ2n) is 6.90. The van der Waals surface area contributed by atoms with E-state index in [1.54, 1.807) is 38.1 Å². The Balaban J connectivity index is 1.82. The minimum Gasteiger partial charge on any atom is -0.263 e. The molecule has 0 atom stereocenters. The molecule has 0 aromatic heterocycles. The summed E-state index contributed by atoms with van der Waals surface area (Å²) < 4.78 is 25.4. The molecule has 3 rings (SSSR count). The third-order valence-corrected chi connectivity index (χ3v) is 6.29. The summed E-state index contributed by atoms with van der Waals surface area (Å²) in [6, 6.07) is 11.4. The fourth-order valence-corrected chi connectivity index (χ4v) is 4.19. The average Bonchev–Trinajstić information content (AvgIpc) is 2.86. The highest BCUT2D eigenvalue weighted by molar-refractivity contribution is 7.91. The van der Waals surface area contributed by atoms with E-state index < -0.39 is 33.7 Å². The number of amides is 4. The van der Waals surface area contributed by atoms with Crippen LogP contribution in [0.5, 0.6) is 0 Å². The van der Waals surface area contributed by atoms with E-state index in [1.165, 1.54) is 24.3 Å². The molecule has 0 aliphatic carbocycles. The van der Waals surface area contributed by atoms with Crippen LogP contribution < -0.4 is 0 Å². The van der Waals surface area contributed by atoms with E-state index in [9.17, 15) is 22.8 Å². The lowest BCUT2D eigenvalue weighted by atomic mass is 10.2. The lowest BCUT2D eigenvalue weighted by Gasteiger charge is -2.18. The molecule has 2 aromatic rings. The average molecular weight is 400 g/mol. The van der Waals surface area contributed by atoms with Gasteiger partial charge >= 0.3 is 17.8 Å². The molecule has 0 radical (unpaired) electrons. The topological polar surface area (TPSA) is 91.8 Å². The molecule has 1 aliphatic rings. The van der Waals surface area contributed by atoms with Crippen molar-refractivity contribution >= 4 is 27.7 Å². The fourth-order valence-electron chi connectivity index (χ4n) is 2.93. The first-order valence-corrected chi connectivity index (χ1v) is 10.2. The number of urea groups is 1. The number of benzene rings is 2. The fraction of sp³-hybridized carbons (Fsp3) is 0.250. The zero-order valence-corrected chi connectivity index (χ0v) is 16.6. The number of aryl methyl sites for hydroxylation is 1. The minimum absolute atomic E-state index is 0.0997. The molecule has 1 aliphatic heterocycles. The van der Waals surface area contributed by atoms with Gasteiger partial charge in [-0.3, -0.25) is 19.4 Å². The van der Waals surface area contributed by atoms with Gasteiger partial charge in [-0.05, 0) is 50.6 Å². The maximum atomic E-state index is 12.7. The van der Waals surface area contributed by atoms with E-state index in [2.05, 4.69) is 0 Å². The van der Waals surface area contributed by atoms with Crippen molar-refractivity contribution in [2.24, 2.45) is 0 Å². The van der Waals surface area contributed by atoms with Crippen LogP contribution in [-0.2, 0) is 26.0 Å². The number of nitrogens with zero attached hydrogens (tertiary/aromatic N) is 2. The minimum atomic E-state index is -3.66. The Hall–Kier alpha value is -3.00. The number of hydrogen-bond donors (Lipinski definition) is 0. The monoisotopic (exact) mass is 400 g/mol. The Morgan fingerprint density at radius 3 is 1.79 bits per heavy atom. The van der Waals surface area contributed by atoms with Crippen LogP contribution in [-0.4, -0.2) is 42.1 Å². The Morgan fingerprint density at radius 2 is 1.32 bits per heavy atom. The molecule has 1 saturated heterocycles. The summed E-state index contributed by atoms with van der Waals surface area (Å²) in [4.78, 5) is 38.5. The van der Waals surface area contributed by atoms with Crippen LogP contribution in [0, 0.1) is 6.92 Å². The highest BCUT2D eigenvalue weighted by Gasteiger charge is 2.45. The summed E-state index contributed by atoms with van der Waals surface area (Å²) in [5, 5.41) is 0. The molecule has 0 N–H and O–H groups in total. The van der Waals surface area contributed by atoms with Crippen molar-refractivity contribution in [3.05, 3.63) is 59.7 Å². The standard InChI is InChI=1S/C20H20N2O5S/c1-13(2)22-19(24)18(23)21(20(22)25)12-15-6-10-17(11-7-15)28(26,27)16-8-4-14(3)5-9-16/h4-11,13H,12H2,1-3H3. The summed E-state index contributed by atoms with van der Waals surface area (Å²) >= 11 is 0. The molecular weight excluding hydrogens is 380 g/mol. The zero-order chi connectivity index (χ0) is 20.6. The quantitative estimate of drug-likeness (QED) is 0.568. The van der Waals surface area contributed by atoms with Gasteiger partial charge in [0.25, 0.3) is 0 Å². The van der Waals surface area contributed by atoms with Gasteiger partial charge in [-0.25, -0.2) is 13.2 Å². The largest absolute Gasteiger partial charge is 0.334 e. The molecule has 2 aromatic carbocycles. The van der Waals surface area contributed by atoms with Crippen LogP contribution in [0.2, 0.25) is 0 Å². The molecule has 7 nitrogen and oxygen atoms in total. The molecule has 0 spiro atoms. The third-order valence-electron chi connectivity index (χ3n) is 4.51. The van der Waals surface area contributed by atoms with Gasteiger partial charge < -0.3 is 0 Å². The van der Waals surface area contributed by atoms with E-state index in [0.29, 0.717) is 5.56 Å². The molecule has 0 bridgehead atoms. The highest BCUT2D eigenvalue weighted by atomic mass is 32.2. The predicted octanol–water partition coefficient (Wildman–Crippen LogP) is 2.53. The summed E-state index contributed by atoms with van der Waals surface area (Å²) in [5.74, 6) is -1.73. The first-order chi connectivity index (χ1) is 13.1. The maximum Gasteiger partial charge on any atom is 0.334 e. The van der Waals surface area contributed by atoms with Crippen LogP contribution in [0.15, 0.2) is 58.3 Å². The molecule has 28 heavy (non-hydrogen) atoms. The third kappa shape index (κ3) is 3.43. The summed E-state index contributed by atoms with van der Waals surface area (Å²) in [7, 11) is -3.66. The first-order valence-electron chi connectivity index (χ1n) is 8.72. The molecule has 0 unspecified atom stereocenters. The van der Waals surface area contributed by atoms with Crippen LogP contribution in [0.1, 0.15) is 25.0 Å². The van der Waals surface area contributed by atoms with E-state index >= 15 is 0 Å². The summed E-state index contributed by atoms with van der Waals surface area (Å²) in [6.07, 6.45) is 0. The smallest absolute Gasteiger partial charge is 0.263 e. The number of imide groups is 2. The zero-order valence-electron chi connectivity index (χ0n) is 15.7. The van der Waals surface area contributed by atoms with Gasteiger partial charge in [-0.1, -0.05) is 29.8 Å². The Morgan fingerprint density at radius 1 is 0.821 bits per heavy atom. The highest BCUT2D eigenvalue weighted by Crippen LogP contribution is 2.23. The second-order valence-corrected chi connectivity index (χ2v) is 8.85. The molecular formula is C20H20N2O5S. The molecule has 4 amide bonds. The van der Waals surface area contributed by atoms with Crippen molar-refractivity contribution in [3.8, 4) is 0 Å². The number of hydrogen-bond acceptors (Lipinski definition) is 5. The van der Waals surface area contributed by atoms with Gasteiger partial charge in [0.05, 0.1) is 16.3 Å². The number of rotatable bonds is 5. The van der Waals surface area contributed by atoms with Gasteiger partial charge in [0, 0.05) is 6.04 Å². The molecule has 0 saturated carbocycles. The number of carbonyl (C=O) groups is 3.